The van der Waals surface area contributed by atoms with Crippen molar-refractivity contribution in [1.29, 1.82) is 0 Å². The maximum absolute atomic E-state index is 4.61. The number of hydrogen-bond donors (Lipinski definition) is 1. The molecule has 0 atom stereocenters. The van der Waals surface area contributed by atoms with Crippen LogP contribution in [0, 0.1) is 0 Å². The standard InChI is InChI=1S/C3H7NS2.K.H/c1-4(2)3(5)6;;/h1-2H3,(H,5,6);;. The van der Waals surface area contributed by atoms with Gasteiger partial charge in [0.25, 0.3) is 0 Å². The van der Waals surface area contributed by atoms with E-state index in [1.165, 1.54) is 0 Å². The second-order valence-corrected chi connectivity index (χ2v) is 2.29. The zero-order chi connectivity index (χ0) is 5.15. The Labute approximate surface area is 97.7 Å². The van der Waals surface area contributed by atoms with E-state index < -0.39 is 0 Å². The molecule has 0 aliphatic heterocycles. The van der Waals surface area contributed by atoms with Crippen molar-refractivity contribution < 1.29 is 0 Å². The van der Waals surface area contributed by atoms with E-state index in [1.54, 1.807) is 4.90 Å². The van der Waals surface area contributed by atoms with Crippen molar-refractivity contribution in [1.82, 2.24) is 4.90 Å². The van der Waals surface area contributed by atoms with Gasteiger partial charge in [0, 0.05) is 14.1 Å². The average Bonchev–Trinajstić information content (AvgIpc) is 1.36. The molecule has 0 aromatic rings. The molecule has 0 radical (unpaired) electrons. The van der Waals surface area contributed by atoms with E-state index in [0.717, 1.165) is 0 Å². The zero-order valence-electron chi connectivity index (χ0n) is 3.80. The number of thiol groups is 1. The van der Waals surface area contributed by atoms with Gasteiger partial charge in [-0.3, -0.25) is 0 Å². The first-order valence-corrected chi connectivity index (χ1v) is 2.40. The van der Waals surface area contributed by atoms with Gasteiger partial charge in [0.1, 0.15) is 4.32 Å². The molecule has 0 unspecified atom stereocenters. The summed E-state index contributed by atoms with van der Waals surface area (Å²) in [6.07, 6.45) is 0. The maximum atomic E-state index is 4.61. The summed E-state index contributed by atoms with van der Waals surface area (Å²) in [6, 6.07) is 0. The molecule has 7 heavy (non-hydrogen) atoms. The van der Waals surface area contributed by atoms with Crippen molar-refractivity contribution in [3.63, 3.8) is 0 Å². The summed E-state index contributed by atoms with van der Waals surface area (Å²) in [5, 5.41) is 0. The van der Waals surface area contributed by atoms with E-state index in [2.05, 4.69) is 24.8 Å². The van der Waals surface area contributed by atoms with E-state index in [-0.39, 0.29) is 51.4 Å². The molecule has 0 bridgehead atoms. The SMILES string of the molecule is CN(C)C(=S)S.[KH]. The fraction of sp³-hybridized carbons (Fsp3) is 0.667. The number of nitrogens with zero attached hydrogens (tertiary/aromatic N) is 1. The minimum atomic E-state index is 0. The Balaban J connectivity index is 0. The van der Waals surface area contributed by atoms with Gasteiger partial charge in [-0.15, -0.1) is 12.6 Å². The Bertz CT molecular complexity index is 64.0. The Kier molecular flexibility index (Phi) is 9.99. The fourth-order valence-corrected chi connectivity index (χ4v) is 0. The van der Waals surface area contributed by atoms with E-state index in [4.69, 9.17) is 0 Å². The summed E-state index contributed by atoms with van der Waals surface area (Å²) in [4.78, 5) is 1.76. The molecule has 0 aliphatic rings. The van der Waals surface area contributed by atoms with Crippen molar-refractivity contribution in [2.45, 2.75) is 0 Å². The third-order valence-electron chi connectivity index (χ3n) is 0.383. The van der Waals surface area contributed by atoms with Crippen LogP contribution in [0.1, 0.15) is 0 Å². The van der Waals surface area contributed by atoms with Crippen LogP contribution in [0.2, 0.25) is 0 Å². The van der Waals surface area contributed by atoms with Crippen LogP contribution < -0.4 is 0 Å². The van der Waals surface area contributed by atoms with E-state index >= 15 is 0 Å². The van der Waals surface area contributed by atoms with Crippen LogP contribution in [0.15, 0.2) is 0 Å². The van der Waals surface area contributed by atoms with Gasteiger partial charge in [0.2, 0.25) is 0 Å². The molecule has 0 amide bonds. The molecule has 0 saturated heterocycles. The van der Waals surface area contributed by atoms with Crippen LogP contribution in [-0.4, -0.2) is 74.7 Å². The number of rotatable bonds is 0. The molecule has 0 aromatic heterocycles. The first kappa shape index (κ1) is 11.6. The number of hydrogen-bond acceptors (Lipinski definition) is 1. The Hall–Kier alpha value is 1.88. The van der Waals surface area contributed by atoms with Gasteiger partial charge in [-0.25, -0.2) is 0 Å². The van der Waals surface area contributed by atoms with Crippen molar-refractivity contribution in [3.05, 3.63) is 0 Å². The van der Waals surface area contributed by atoms with Crippen LogP contribution in [0.25, 0.3) is 0 Å². The molecule has 0 rings (SSSR count). The molecular weight excluding hydrogens is 153 g/mol. The average molecular weight is 161 g/mol. The summed E-state index contributed by atoms with van der Waals surface area (Å²) >= 11 is 8.46. The molecule has 4 heteroatoms. The summed E-state index contributed by atoms with van der Waals surface area (Å²) in [6.45, 7) is 0. The van der Waals surface area contributed by atoms with Crippen LogP contribution in [0.4, 0.5) is 0 Å². The van der Waals surface area contributed by atoms with Crippen molar-refractivity contribution in [2.75, 3.05) is 14.1 Å². The van der Waals surface area contributed by atoms with E-state index in [1.807, 2.05) is 14.1 Å². The Morgan fingerprint density at radius 2 is 1.71 bits per heavy atom. The van der Waals surface area contributed by atoms with Crippen LogP contribution in [-0.2, 0) is 0 Å². The molecule has 1 nitrogen and oxygen atoms in total. The molecular formula is C3H8KNS2. The first-order valence-electron chi connectivity index (χ1n) is 1.55. The second-order valence-electron chi connectivity index (χ2n) is 1.18. The summed E-state index contributed by atoms with van der Waals surface area (Å²) in [5.74, 6) is 0. The molecule has 0 heterocycles. The van der Waals surface area contributed by atoms with Crippen molar-refractivity contribution in [2.24, 2.45) is 0 Å². The van der Waals surface area contributed by atoms with Gasteiger partial charge >= 0.3 is 51.4 Å². The third-order valence-corrected chi connectivity index (χ3v) is 1.15. The monoisotopic (exact) mass is 161 g/mol. The topological polar surface area (TPSA) is 3.24 Å². The second kappa shape index (κ2) is 6.00. The van der Waals surface area contributed by atoms with Crippen LogP contribution in [0.3, 0.4) is 0 Å². The van der Waals surface area contributed by atoms with E-state index in [9.17, 15) is 0 Å². The molecule has 38 valence electrons. The molecule has 0 saturated carbocycles. The van der Waals surface area contributed by atoms with Crippen molar-refractivity contribution >= 4 is 80.6 Å². The quantitative estimate of drug-likeness (QED) is 0.305. The first-order chi connectivity index (χ1) is 2.64. The minimum absolute atomic E-state index is 0. The molecule has 0 spiro atoms. The number of thiocarbonyl (C=S) groups is 1. The van der Waals surface area contributed by atoms with Crippen LogP contribution >= 0.6 is 24.8 Å². The van der Waals surface area contributed by atoms with Gasteiger partial charge in [-0.1, -0.05) is 12.2 Å². The van der Waals surface area contributed by atoms with Gasteiger partial charge in [0.15, 0.2) is 0 Å². The molecule has 0 aromatic carbocycles. The predicted octanol–water partition coefficient (Wildman–Crippen LogP) is 0.114. The van der Waals surface area contributed by atoms with Gasteiger partial charge in [-0.05, 0) is 0 Å². The van der Waals surface area contributed by atoms with Crippen LogP contribution in [0.5, 0.6) is 0 Å². The molecule has 0 N–H and O–H groups in total. The summed E-state index contributed by atoms with van der Waals surface area (Å²) in [7, 11) is 3.71. The fourth-order valence-electron chi connectivity index (χ4n) is 0. The summed E-state index contributed by atoms with van der Waals surface area (Å²) in [5.41, 5.74) is 0. The van der Waals surface area contributed by atoms with Gasteiger partial charge in [0.05, 0.1) is 0 Å². The summed E-state index contributed by atoms with van der Waals surface area (Å²) < 4.78 is 0.620. The van der Waals surface area contributed by atoms with Gasteiger partial charge < -0.3 is 4.90 Å². The molecule has 0 aliphatic carbocycles. The third kappa shape index (κ3) is 7.88. The Morgan fingerprint density at radius 3 is 1.71 bits per heavy atom. The Morgan fingerprint density at radius 1 is 1.57 bits per heavy atom. The normalized spacial score (nSPS) is 6.71. The molecule has 0 fully saturated rings. The van der Waals surface area contributed by atoms with Gasteiger partial charge in [-0.2, -0.15) is 0 Å². The zero-order valence-corrected chi connectivity index (χ0v) is 5.51. The predicted molar refractivity (Wildman–Crippen MR) is 42.4 cm³/mol. The van der Waals surface area contributed by atoms with E-state index in [0.29, 0.717) is 4.32 Å². The van der Waals surface area contributed by atoms with Crippen molar-refractivity contribution in [3.8, 4) is 0 Å².